The molecular weight excluding hydrogens is 545 g/mol. The molecule has 0 aromatic heterocycles. The maximum absolute atomic E-state index is 11.1. The van der Waals surface area contributed by atoms with E-state index in [2.05, 4.69) is 59.4 Å². The molecule has 1 saturated heterocycles. The largest absolute Gasteiger partial charge is 0.368 e. The molecule has 1 unspecified atom stereocenters. The molecule has 2 rings (SSSR count). The number of aliphatic imine (C=N–C) groups is 1. The Morgan fingerprint density at radius 2 is 2.11 bits per heavy atom. The van der Waals surface area contributed by atoms with Gasteiger partial charge >= 0.3 is 0 Å². The molecule has 1 heterocycles. The molecule has 0 saturated carbocycles. The Hall–Kier alpha value is -0.590. The van der Waals surface area contributed by atoms with Gasteiger partial charge in [-0.15, -0.1) is 24.0 Å². The number of benzene rings is 1. The smallest absolute Gasteiger partial charge is 0.208 e. The van der Waals surface area contributed by atoms with Gasteiger partial charge in [-0.1, -0.05) is 12.1 Å². The average Bonchev–Trinajstić information content (AvgIpc) is 3.02. The van der Waals surface area contributed by atoms with Crippen molar-refractivity contribution in [1.82, 2.24) is 15.4 Å². The van der Waals surface area contributed by atoms with Gasteiger partial charge in [0.05, 0.1) is 11.9 Å². The highest BCUT2D eigenvalue weighted by Crippen LogP contribution is 2.28. The van der Waals surface area contributed by atoms with Crippen LogP contribution in [-0.2, 0) is 10.0 Å². The number of hydrogen-bond acceptors (Lipinski definition) is 4. The zero-order valence-electron chi connectivity index (χ0n) is 15.7. The van der Waals surface area contributed by atoms with Gasteiger partial charge < -0.3 is 15.5 Å². The van der Waals surface area contributed by atoms with Gasteiger partial charge in [-0.25, -0.2) is 13.1 Å². The van der Waals surface area contributed by atoms with Crippen LogP contribution < -0.4 is 20.3 Å². The van der Waals surface area contributed by atoms with Crippen LogP contribution >= 0.6 is 39.9 Å². The van der Waals surface area contributed by atoms with Crippen LogP contribution in [0.25, 0.3) is 0 Å². The van der Waals surface area contributed by atoms with Crippen LogP contribution in [0.5, 0.6) is 0 Å². The summed E-state index contributed by atoms with van der Waals surface area (Å²) in [6.07, 6.45) is 2.87. The molecule has 1 aromatic rings. The first kappa shape index (κ1) is 24.4. The van der Waals surface area contributed by atoms with E-state index in [1.165, 1.54) is 11.9 Å². The number of para-hydroxylation sites is 1. The second-order valence-electron chi connectivity index (χ2n) is 6.31. The number of guanidine groups is 1. The Morgan fingerprint density at radius 1 is 1.37 bits per heavy atom. The minimum absolute atomic E-state index is 0. The van der Waals surface area contributed by atoms with E-state index < -0.39 is 10.0 Å². The number of anilines is 1. The number of halogens is 2. The van der Waals surface area contributed by atoms with Gasteiger partial charge in [0.1, 0.15) is 0 Å². The molecule has 1 atom stereocenters. The Balaban J connectivity index is 0.00000364. The molecule has 0 radical (unpaired) electrons. The van der Waals surface area contributed by atoms with Crippen LogP contribution in [0, 0.1) is 0 Å². The molecule has 154 valence electrons. The Labute approximate surface area is 188 Å². The SMILES string of the molecule is CCNC(=NCCCNS(C)(=O)=O)NC1CCN(c2ccccc2Br)C1.I. The topological polar surface area (TPSA) is 85.8 Å². The molecule has 10 heteroatoms. The summed E-state index contributed by atoms with van der Waals surface area (Å²) in [5.74, 6) is 0.783. The monoisotopic (exact) mass is 573 g/mol. The fraction of sp³-hybridized carbons (Fsp3) is 0.588. The summed E-state index contributed by atoms with van der Waals surface area (Å²) < 4.78 is 25.7. The van der Waals surface area contributed by atoms with Gasteiger partial charge in [0.25, 0.3) is 0 Å². The van der Waals surface area contributed by atoms with Crippen molar-refractivity contribution in [2.45, 2.75) is 25.8 Å². The molecule has 3 N–H and O–H groups in total. The first-order valence-electron chi connectivity index (χ1n) is 8.88. The summed E-state index contributed by atoms with van der Waals surface area (Å²) in [6.45, 7) is 5.71. The summed E-state index contributed by atoms with van der Waals surface area (Å²) in [7, 11) is -3.13. The molecule has 1 aliphatic rings. The van der Waals surface area contributed by atoms with Crippen LogP contribution in [0.4, 0.5) is 5.69 Å². The molecule has 1 fully saturated rings. The third kappa shape index (κ3) is 8.97. The van der Waals surface area contributed by atoms with Crippen molar-refractivity contribution in [3.8, 4) is 0 Å². The molecule has 1 aromatic carbocycles. The predicted molar refractivity (Wildman–Crippen MR) is 127 cm³/mol. The normalized spacial score (nSPS) is 17.5. The van der Waals surface area contributed by atoms with E-state index in [9.17, 15) is 8.42 Å². The summed E-state index contributed by atoms with van der Waals surface area (Å²) in [4.78, 5) is 6.91. The molecule has 0 aliphatic carbocycles. The Morgan fingerprint density at radius 3 is 2.78 bits per heavy atom. The van der Waals surface area contributed by atoms with Gasteiger partial charge in [0, 0.05) is 43.2 Å². The Bertz CT molecular complexity index is 717. The van der Waals surface area contributed by atoms with Gasteiger partial charge in [0.2, 0.25) is 10.0 Å². The first-order chi connectivity index (χ1) is 12.4. The van der Waals surface area contributed by atoms with Crippen molar-refractivity contribution >= 4 is 61.6 Å². The van der Waals surface area contributed by atoms with Crippen molar-refractivity contribution in [1.29, 1.82) is 0 Å². The predicted octanol–water partition coefficient (Wildman–Crippen LogP) is 2.14. The van der Waals surface area contributed by atoms with Gasteiger partial charge in [-0.2, -0.15) is 0 Å². The lowest BCUT2D eigenvalue weighted by atomic mass is 10.3. The van der Waals surface area contributed by atoms with Crippen LogP contribution in [0.3, 0.4) is 0 Å². The molecule has 0 amide bonds. The van der Waals surface area contributed by atoms with E-state index >= 15 is 0 Å². The Kier molecular flexibility index (Phi) is 10.9. The minimum Gasteiger partial charge on any atom is -0.368 e. The fourth-order valence-corrected chi connectivity index (χ4v) is 3.90. The minimum atomic E-state index is -3.13. The summed E-state index contributed by atoms with van der Waals surface area (Å²) >= 11 is 3.62. The van der Waals surface area contributed by atoms with Crippen molar-refractivity contribution in [3.63, 3.8) is 0 Å². The van der Waals surface area contributed by atoms with E-state index in [1.54, 1.807) is 0 Å². The zero-order chi connectivity index (χ0) is 19.0. The maximum Gasteiger partial charge on any atom is 0.208 e. The first-order valence-corrected chi connectivity index (χ1v) is 11.6. The summed E-state index contributed by atoms with van der Waals surface area (Å²) in [6, 6.07) is 8.59. The van der Waals surface area contributed by atoms with E-state index in [-0.39, 0.29) is 24.0 Å². The highest BCUT2D eigenvalue weighted by molar-refractivity contribution is 14.0. The maximum atomic E-state index is 11.1. The highest BCUT2D eigenvalue weighted by Gasteiger charge is 2.24. The van der Waals surface area contributed by atoms with Gasteiger partial charge in [0.15, 0.2) is 5.96 Å². The van der Waals surface area contributed by atoms with E-state index in [4.69, 9.17) is 0 Å². The lowest BCUT2D eigenvalue weighted by molar-refractivity contribution is 0.585. The number of sulfonamides is 1. The molecule has 27 heavy (non-hydrogen) atoms. The second-order valence-corrected chi connectivity index (χ2v) is 9.00. The lowest BCUT2D eigenvalue weighted by Crippen LogP contribution is -2.44. The lowest BCUT2D eigenvalue weighted by Gasteiger charge is -2.21. The second kappa shape index (κ2) is 12.1. The number of nitrogens with one attached hydrogen (secondary N) is 3. The number of nitrogens with zero attached hydrogens (tertiary/aromatic N) is 2. The van der Waals surface area contributed by atoms with Crippen LogP contribution in [-0.4, -0.2) is 59.4 Å². The quantitative estimate of drug-likeness (QED) is 0.192. The summed E-state index contributed by atoms with van der Waals surface area (Å²) in [5, 5.41) is 6.74. The molecule has 1 aliphatic heterocycles. The molecule has 7 nitrogen and oxygen atoms in total. The zero-order valence-corrected chi connectivity index (χ0v) is 20.5. The van der Waals surface area contributed by atoms with Gasteiger partial charge in [-0.3, -0.25) is 4.99 Å². The average molecular weight is 574 g/mol. The molecular formula is C17H29BrIN5O2S. The van der Waals surface area contributed by atoms with Crippen molar-refractivity contribution in [2.75, 3.05) is 43.9 Å². The standard InChI is InChI=1S/C17H28BrN5O2S.HI/c1-3-19-17(20-10-6-11-21-26(2,24)25)22-14-9-12-23(13-14)16-8-5-4-7-15(16)18;/h4-5,7-8,14,21H,3,6,9-13H2,1-2H3,(H2,19,20,22);1H. The third-order valence-electron chi connectivity index (χ3n) is 4.04. The molecule has 0 bridgehead atoms. The van der Waals surface area contributed by atoms with E-state index in [0.29, 0.717) is 25.6 Å². The van der Waals surface area contributed by atoms with Crippen molar-refractivity contribution in [3.05, 3.63) is 28.7 Å². The van der Waals surface area contributed by atoms with Crippen molar-refractivity contribution < 1.29 is 8.42 Å². The third-order valence-corrected chi connectivity index (χ3v) is 5.43. The van der Waals surface area contributed by atoms with Crippen molar-refractivity contribution in [2.24, 2.45) is 4.99 Å². The van der Waals surface area contributed by atoms with Gasteiger partial charge in [-0.05, 0) is 47.8 Å². The number of hydrogen-bond donors (Lipinski definition) is 3. The van der Waals surface area contributed by atoms with Crippen LogP contribution in [0.2, 0.25) is 0 Å². The van der Waals surface area contributed by atoms with E-state index in [1.807, 2.05) is 13.0 Å². The van der Waals surface area contributed by atoms with Crippen LogP contribution in [0.1, 0.15) is 19.8 Å². The summed E-state index contributed by atoms with van der Waals surface area (Å²) in [5.41, 5.74) is 1.21. The van der Waals surface area contributed by atoms with Crippen LogP contribution in [0.15, 0.2) is 33.7 Å². The number of rotatable bonds is 8. The fourth-order valence-electron chi connectivity index (χ4n) is 2.85. The highest BCUT2D eigenvalue weighted by atomic mass is 127. The van der Waals surface area contributed by atoms with E-state index in [0.717, 1.165) is 36.5 Å². The molecule has 0 spiro atoms.